The van der Waals surface area contributed by atoms with E-state index in [1.807, 2.05) is 0 Å². The van der Waals surface area contributed by atoms with Gasteiger partial charge >= 0.3 is 6.04 Å². The lowest BCUT2D eigenvalue weighted by Gasteiger charge is -2.07. The normalized spacial score (nSPS) is 38.2. The molecule has 0 saturated carbocycles. The Kier molecular flexibility index (Phi) is 1.67. The van der Waals surface area contributed by atoms with Gasteiger partial charge < -0.3 is 0 Å². The first-order valence-electron chi connectivity index (χ1n) is 1.96. The first-order chi connectivity index (χ1) is 3.77. The molecule has 0 aromatic heterocycles. The number of halogens is 2. The molecule has 0 spiro atoms. The third-order valence-corrected chi connectivity index (χ3v) is 0.985. The predicted octanol–water partition coefficient (Wildman–Crippen LogP) is 0.784. The third-order valence-electron chi connectivity index (χ3n) is 0.666. The lowest BCUT2D eigenvalue weighted by atomic mass is 10.7. The molecule has 0 radical (unpaired) electrons. The molecule has 0 aromatic carbocycles. The van der Waals surface area contributed by atoms with E-state index in [1.54, 1.807) is 0 Å². The molecular formula is C3H4ClFO3. The van der Waals surface area contributed by atoms with Gasteiger partial charge in [0.2, 0.25) is 0 Å². The van der Waals surface area contributed by atoms with Crippen molar-refractivity contribution in [3.63, 3.8) is 0 Å². The summed E-state index contributed by atoms with van der Waals surface area (Å²) in [5.74, 6) is -0.382. The maximum Gasteiger partial charge on any atom is 0.363 e. The topological polar surface area (TPSA) is 27.7 Å². The minimum atomic E-state index is -2.22. The van der Waals surface area contributed by atoms with Crippen LogP contribution < -0.4 is 0 Å². The maximum absolute atomic E-state index is 12.3. The Morgan fingerprint density at radius 1 is 1.75 bits per heavy atom. The van der Waals surface area contributed by atoms with Crippen molar-refractivity contribution < 1.29 is 18.9 Å². The van der Waals surface area contributed by atoms with Gasteiger partial charge in [-0.1, -0.05) is 0 Å². The Morgan fingerprint density at radius 3 is 2.75 bits per heavy atom. The molecule has 0 aliphatic carbocycles. The molecule has 1 saturated heterocycles. The highest BCUT2D eigenvalue weighted by Gasteiger charge is 2.37. The number of rotatable bonds is 1. The summed E-state index contributed by atoms with van der Waals surface area (Å²) >= 11 is 5.04. The summed E-state index contributed by atoms with van der Waals surface area (Å²) in [6, 6.07) is -2.22. The zero-order valence-electron chi connectivity index (χ0n) is 3.89. The molecule has 1 heterocycles. The molecule has 1 aliphatic heterocycles. The van der Waals surface area contributed by atoms with Crippen molar-refractivity contribution in [2.45, 2.75) is 6.04 Å². The molecule has 5 heteroatoms. The van der Waals surface area contributed by atoms with Crippen LogP contribution in [0.2, 0.25) is 0 Å². The van der Waals surface area contributed by atoms with Crippen LogP contribution in [0, 0.1) is 0 Å². The van der Waals surface area contributed by atoms with Crippen LogP contribution >= 0.6 is 11.6 Å². The number of hydrogen-bond acceptors (Lipinski definition) is 3. The standard InChI is InChI=1S/C3H4ClFO3/c4-1-3(5)6-2-7-8-3/h1-2H2. The van der Waals surface area contributed by atoms with Gasteiger partial charge in [0.05, 0.1) is 0 Å². The first kappa shape index (κ1) is 6.22. The molecule has 1 rings (SSSR count). The Hall–Kier alpha value is 0.1000. The van der Waals surface area contributed by atoms with E-state index in [0.29, 0.717) is 0 Å². The molecule has 0 amide bonds. The average Bonchev–Trinajstić information content (AvgIpc) is 2.17. The molecule has 3 nitrogen and oxygen atoms in total. The second-order valence-electron chi connectivity index (χ2n) is 1.26. The van der Waals surface area contributed by atoms with Gasteiger partial charge in [-0.25, -0.2) is 4.89 Å². The van der Waals surface area contributed by atoms with E-state index in [1.165, 1.54) is 0 Å². The van der Waals surface area contributed by atoms with Gasteiger partial charge in [0.15, 0.2) is 6.79 Å². The van der Waals surface area contributed by atoms with Gasteiger partial charge in [0.25, 0.3) is 0 Å². The molecule has 0 bridgehead atoms. The van der Waals surface area contributed by atoms with E-state index in [9.17, 15) is 4.39 Å². The van der Waals surface area contributed by atoms with E-state index in [2.05, 4.69) is 14.5 Å². The molecule has 1 atom stereocenters. The van der Waals surface area contributed by atoms with Crippen molar-refractivity contribution in [1.82, 2.24) is 0 Å². The largest absolute Gasteiger partial charge is 0.363 e. The van der Waals surface area contributed by atoms with Crippen LogP contribution in [-0.2, 0) is 14.5 Å². The number of hydrogen-bond donors (Lipinski definition) is 0. The smallest absolute Gasteiger partial charge is 0.291 e. The Morgan fingerprint density at radius 2 is 2.50 bits per heavy atom. The van der Waals surface area contributed by atoms with Gasteiger partial charge in [0, 0.05) is 0 Å². The van der Waals surface area contributed by atoms with Gasteiger partial charge in [-0.3, -0.25) is 4.74 Å². The SMILES string of the molecule is FC1(CCl)OCOO1. The van der Waals surface area contributed by atoms with Crippen LogP contribution in [0.3, 0.4) is 0 Å². The molecule has 48 valence electrons. The predicted molar refractivity (Wildman–Crippen MR) is 22.7 cm³/mol. The molecule has 8 heavy (non-hydrogen) atoms. The lowest BCUT2D eigenvalue weighted by molar-refractivity contribution is -0.358. The minimum Gasteiger partial charge on any atom is -0.291 e. The number of alkyl halides is 2. The Labute approximate surface area is 50.2 Å². The van der Waals surface area contributed by atoms with Gasteiger partial charge in [-0.05, 0) is 0 Å². The van der Waals surface area contributed by atoms with Gasteiger partial charge in [-0.15, -0.1) is 11.6 Å². The Bertz CT molecular complexity index is 82.6. The van der Waals surface area contributed by atoms with E-state index in [4.69, 9.17) is 11.6 Å². The molecule has 1 fully saturated rings. The van der Waals surface area contributed by atoms with Crippen LogP contribution in [0.1, 0.15) is 0 Å². The summed E-state index contributed by atoms with van der Waals surface area (Å²) in [6.45, 7) is -0.205. The van der Waals surface area contributed by atoms with Gasteiger partial charge in [0.1, 0.15) is 5.88 Å². The van der Waals surface area contributed by atoms with E-state index >= 15 is 0 Å². The summed E-state index contributed by atoms with van der Waals surface area (Å²) in [5.41, 5.74) is 0. The highest BCUT2D eigenvalue weighted by molar-refractivity contribution is 6.18. The zero-order chi connectivity index (χ0) is 6.04. The van der Waals surface area contributed by atoms with Crippen molar-refractivity contribution in [3.8, 4) is 0 Å². The number of ether oxygens (including phenoxy) is 1. The second kappa shape index (κ2) is 2.14. The lowest BCUT2D eigenvalue weighted by Crippen LogP contribution is -2.24. The summed E-state index contributed by atoms with van der Waals surface area (Å²) in [5, 5.41) is 0. The van der Waals surface area contributed by atoms with Crippen LogP contribution in [0.4, 0.5) is 4.39 Å². The second-order valence-corrected chi connectivity index (χ2v) is 1.52. The molecule has 0 N–H and O–H groups in total. The third kappa shape index (κ3) is 1.08. The van der Waals surface area contributed by atoms with E-state index in [-0.39, 0.29) is 12.7 Å². The summed E-state index contributed by atoms with van der Waals surface area (Å²) in [7, 11) is 0. The van der Waals surface area contributed by atoms with Crippen molar-refractivity contribution >= 4 is 11.6 Å². The van der Waals surface area contributed by atoms with Crippen molar-refractivity contribution in [2.24, 2.45) is 0 Å². The highest BCUT2D eigenvalue weighted by atomic mass is 35.5. The van der Waals surface area contributed by atoms with Crippen LogP contribution in [0.15, 0.2) is 0 Å². The highest BCUT2D eigenvalue weighted by Crippen LogP contribution is 2.22. The van der Waals surface area contributed by atoms with Crippen molar-refractivity contribution in [2.75, 3.05) is 12.7 Å². The Balaban J connectivity index is 2.40. The molecule has 1 unspecified atom stereocenters. The molecular weight excluding hydrogens is 138 g/mol. The molecule has 0 aromatic rings. The van der Waals surface area contributed by atoms with Crippen LogP contribution in [0.25, 0.3) is 0 Å². The zero-order valence-corrected chi connectivity index (χ0v) is 4.65. The van der Waals surface area contributed by atoms with Crippen LogP contribution in [0.5, 0.6) is 0 Å². The fourth-order valence-corrected chi connectivity index (χ4v) is 0.431. The van der Waals surface area contributed by atoms with E-state index < -0.39 is 6.04 Å². The quantitative estimate of drug-likeness (QED) is 0.400. The minimum absolute atomic E-state index is 0.205. The van der Waals surface area contributed by atoms with Crippen LogP contribution in [-0.4, -0.2) is 18.7 Å². The van der Waals surface area contributed by atoms with Crippen molar-refractivity contribution in [3.05, 3.63) is 0 Å². The monoisotopic (exact) mass is 142 g/mol. The maximum atomic E-state index is 12.3. The summed E-state index contributed by atoms with van der Waals surface area (Å²) in [6.07, 6.45) is 0. The fourth-order valence-electron chi connectivity index (χ4n) is 0.309. The van der Waals surface area contributed by atoms with E-state index in [0.717, 1.165) is 0 Å². The fraction of sp³-hybridized carbons (Fsp3) is 1.00. The summed E-state index contributed by atoms with van der Waals surface area (Å²) < 4.78 is 16.6. The molecule has 1 aliphatic rings. The summed E-state index contributed by atoms with van der Waals surface area (Å²) in [4.78, 5) is 8.04. The average molecular weight is 143 g/mol. The van der Waals surface area contributed by atoms with Gasteiger partial charge in [-0.2, -0.15) is 9.28 Å². The first-order valence-corrected chi connectivity index (χ1v) is 2.50. The van der Waals surface area contributed by atoms with Crippen molar-refractivity contribution in [1.29, 1.82) is 0 Å².